The largest absolute Gasteiger partial charge is 0.366 e. The molecule has 23 heavy (non-hydrogen) atoms. The summed E-state index contributed by atoms with van der Waals surface area (Å²) in [6.45, 7) is 7.11. The number of rotatable bonds is 3. The molecule has 0 saturated carbocycles. The van der Waals surface area contributed by atoms with Gasteiger partial charge in [-0.15, -0.1) is 0 Å². The Hall–Kier alpha value is -1.66. The second-order valence-corrected chi connectivity index (χ2v) is 6.20. The summed E-state index contributed by atoms with van der Waals surface area (Å²) in [5, 5.41) is 3.35. The number of hydrogen-bond acceptors (Lipinski definition) is 4. The van der Waals surface area contributed by atoms with Crippen LogP contribution in [0.1, 0.15) is 6.42 Å². The van der Waals surface area contributed by atoms with E-state index in [1.54, 1.807) is 12.1 Å². The SMILES string of the molecule is O=C(CN1CCCNCC1)N1CCN(c2ccccc2F)CC1. The Morgan fingerprint density at radius 3 is 2.61 bits per heavy atom. The number of carbonyl (C=O) groups is 1. The zero-order chi connectivity index (χ0) is 16.1. The number of hydrogen-bond donors (Lipinski definition) is 1. The molecule has 0 radical (unpaired) electrons. The normalized spacial score (nSPS) is 20.4. The van der Waals surface area contributed by atoms with E-state index in [9.17, 15) is 9.18 Å². The first-order chi connectivity index (χ1) is 11.2. The van der Waals surface area contributed by atoms with Crippen LogP contribution in [0.15, 0.2) is 24.3 Å². The fraction of sp³-hybridized carbons (Fsp3) is 0.588. The minimum absolute atomic E-state index is 0.190. The first-order valence-corrected chi connectivity index (χ1v) is 8.44. The van der Waals surface area contributed by atoms with Gasteiger partial charge in [0.2, 0.25) is 5.91 Å². The van der Waals surface area contributed by atoms with Crippen LogP contribution in [0.5, 0.6) is 0 Å². The molecule has 1 N–H and O–H groups in total. The lowest BCUT2D eigenvalue weighted by Crippen LogP contribution is -2.51. The summed E-state index contributed by atoms with van der Waals surface area (Å²) in [6, 6.07) is 6.84. The van der Waals surface area contributed by atoms with Crippen molar-refractivity contribution in [2.75, 3.05) is 63.8 Å². The van der Waals surface area contributed by atoms with Gasteiger partial charge in [0, 0.05) is 39.3 Å². The van der Waals surface area contributed by atoms with Crippen molar-refractivity contribution in [2.45, 2.75) is 6.42 Å². The van der Waals surface area contributed by atoms with Crippen molar-refractivity contribution < 1.29 is 9.18 Å². The molecular weight excluding hydrogens is 295 g/mol. The fourth-order valence-corrected chi connectivity index (χ4v) is 3.26. The number of amides is 1. The number of nitrogens with zero attached hydrogens (tertiary/aromatic N) is 3. The van der Waals surface area contributed by atoms with Crippen molar-refractivity contribution in [3.05, 3.63) is 30.1 Å². The minimum Gasteiger partial charge on any atom is -0.366 e. The van der Waals surface area contributed by atoms with Crippen LogP contribution >= 0.6 is 0 Å². The van der Waals surface area contributed by atoms with Crippen molar-refractivity contribution in [2.24, 2.45) is 0 Å². The second-order valence-electron chi connectivity index (χ2n) is 6.20. The van der Waals surface area contributed by atoms with Gasteiger partial charge in [-0.05, 0) is 31.6 Å². The van der Waals surface area contributed by atoms with Gasteiger partial charge in [0.1, 0.15) is 5.82 Å². The summed E-state index contributed by atoms with van der Waals surface area (Å²) in [7, 11) is 0. The lowest BCUT2D eigenvalue weighted by atomic mass is 10.2. The number of carbonyl (C=O) groups excluding carboxylic acids is 1. The maximum absolute atomic E-state index is 13.8. The van der Waals surface area contributed by atoms with E-state index in [0.717, 1.165) is 32.6 Å². The number of halogens is 1. The van der Waals surface area contributed by atoms with Crippen LogP contribution in [0.4, 0.5) is 10.1 Å². The summed E-state index contributed by atoms with van der Waals surface area (Å²) in [4.78, 5) is 18.6. The topological polar surface area (TPSA) is 38.8 Å². The molecule has 2 aliphatic rings. The van der Waals surface area contributed by atoms with E-state index in [1.807, 2.05) is 15.9 Å². The van der Waals surface area contributed by atoms with Gasteiger partial charge in [0.25, 0.3) is 0 Å². The smallest absolute Gasteiger partial charge is 0.236 e. The van der Waals surface area contributed by atoms with Gasteiger partial charge >= 0.3 is 0 Å². The van der Waals surface area contributed by atoms with Crippen LogP contribution in [0.3, 0.4) is 0 Å². The monoisotopic (exact) mass is 320 g/mol. The van der Waals surface area contributed by atoms with Crippen molar-refractivity contribution in [1.82, 2.24) is 15.1 Å². The lowest BCUT2D eigenvalue weighted by Gasteiger charge is -2.37. The van der Waals surface area contributed by atoms with Gasteiger partial charge in [0.15, 0.2) is 0 Å². The third-order valence-corrected chi connectivity index (χ3v) is 4.62. The Bertz CT molecular complexity index is 523. The molecule has 0 spiro atoms. The summed E-state index contributed by atoms with van der Waals surface area (Å²) in [5.41, 5.74) is 0.637. The number of para-hydroxylation sites is 1. The molecule has 5 nitrogen and oxygen atoms in total. The highest BCUT2D eigenvalue weighted by Crippen LogP contribution is 2.20. The zero-order valence-electron chi connectivity index (χ0n) is 13.5. The van der Waals surface area contributed by atoms with Crippen molar-refractivity contribution in [3.63, 3.8) is 0 Å². The Kier molecular flexibility index (Phi) is 5.46. The van der Waals surface area contributed by atoms with E-state index in [-0.39, 0.29) is 11.7 Å². The van der Waals surface area contributed by atoms with Crippen LogP contribution < -0.4 is 10.2 Å². The van der Waals surface area contributed by atoms with Crippen LogP contribution in [0.2, 0.25) is 0 Å². The zero-order valence-corrected chi connectivity index (χ0v) is 13.5. The quantitative estimate of drug-likeness (QED) is 0.893. The van der Waals surface area contributed by atoms with Gasteiger partial charge in [-0.3, -0.25) is 9.69 Å². The highest BCUT2D eigenvalue weighted by atomic mass is 19.1. The lowest BCUT2D eigenvalue weighted by molar-refractivity contribution is -0.132. The molecule has 1 amide bonds. The molecule has 0 aliphatic carbocycles. The van der Waals surface area contributed by atoms with Crippen molar-refractivity contribution in [3.8, 4) is 0 Å². The second kappa shape index (κ2) is 7.75. The fourth-order valence-electron chi connectivity index (χ4n) is 3.26. The molecular formula is C17H25FN4O. The molecule has 0 unspecified atom stereocenters. The molecule has 1 aromatic rings. The molecule has 1 aromatic carbocycles. The summed E-state index contributed by atoms with van der Waals surface area (Å²) in [5.74, 6) is 0.00410. The third-order valence-electron chi connectivity index (χ3n) is 4.62. The van der Waals surface area contributed by atoms with E-state index < -0.39 is 0 Å². The summed E-state index contributed by atoms with van der Waals surface area (Å²) < 4.78 is 13.8. The van der Waals surface area contributed by atoms with E-state index >= 15 is 0 Å². The standard InChI is InChI=1S/C17H25FN4O/c18-15-4-1-2-5-16(15)21-10-12-22(13-11-21)17(23)14-20-8-3-6-19-7-9-20/h1-2,4-5,19H,3,6-14H2. The molecule has 0 atom stereocenters. The Morgan fingerprint density at radius 2 is 1.83 bits per heavy atom. The first-order valence-electron chi connectivity index (χ1n) is 8.44. The molecule has 2 aliphatic heterocycles. The average molecular weight is 320 g/mol. The average Bonchev–Trinajstić information content (AvgIpc) is 2.84. The Balaban J connectivity index is 1.50. The number of anilines is 1. The molecule has 6 heteroatoms. The van der Waals surface area contributed by atoms with Crippen LogP contribution in [0.25, 0.3) is 0 Å². The highest BCUT2D eigenvalue weighted by molar-refractivity contribution is 5.78. The maximum atomic E-state index is 13.8. The van der Waals surface area contributed by atoms with Crippen LogP contribution in [-0.4, -0.2) is 74.6 Å². The predicted octanol–water partition coefficient (Wildman–Crippen LogP) is 0.770. The first kappa shape index (κ1) is 16.2. The van der Waals surface area contributed by atoms with Crippen molar-refractivity contribution >= 4 is 11.6 Å². The third kappa shape index (κ3) is 4.20. The van der Waals surface area contributed by atoms with Crippen LogP contribution in [0, 0.1) is 5.82 Å². The number of nitrogens with one attached hydrogen (secondary N) is 1. The van der Waals surface area contributed by atoms with Gasteiger partial charge < -0.3 is 15.1 Å². The molecule has 0 bridgehead atoms. The van der Waals surface area contributed by atoms with E-state index in [1.165, 1.54) is 6.07 Å². The highest BCUT2D eigenvalue weighted by Gasteiger charge is 2.24. The van der Waals surface area contributed by atoms with Gasteiger partial charge in [-0.1, -0.05) is 12.1 Å². The number of piperazine rings is 1. The predicted molar refractivity (Wildman–Crippen MR) is 89.1 cm³/mol. The molecule has 3 rings (SSSR count). The molecule has 126 valence electrons. The van der Waals surface area contributed by atoms with E-state index in [0.29, 0.717) is 38.4 Å². The minimum atomic E-state index is -0.190. The van der Waals surface area contributed by atoms with E-state index in [2.05, 4.69) is 10.2 Å². The molecule has 0 aromatic heterocycles. The van der Waals surface area contributed by atoms with Crippen molar-refractivity contribution in [1.29, 1.82) is 0 Å². The summed E-state index contributed by atoms with van der Waals surface area (Å²) >= 11 is 0. The van der Waals surface area contributed by atoms with E-state index in [4.69, 9.17) is 0 Å². The van der Waals surface area contributed by atoms with Gasteiger partial charge in [-0.25, -0.2) is 4.39 Å². The van der Waals surface area contributed by atoms with Gasteiger partial charge in [-0.2, -0.15) is 0 Å². The van der Waals surface area contributed by atoms with Gasteiger partial charge in [0.05, 0.1) is 12.2 Å². The molecule has 2 fully saturated rings. The molecule has 2 saturated heterocycles. The maximum Gasteiger partial charge on any atom is 0.236 e. The number of benzene rings is 1. The molecule has 2 heterocycles. The Morgan fingerprint density at radius 1 is 1.04 bits per heavy atom. The Labute approximate surface area is 137 Å². The van der Waals surface area contributed by atoms with Crippen LogP contribution in [-0.2, 0) is 4.79 Å². The summed E-state index contributed by atoms with van der Waals surface area (Å²) in [6.07, 6.45) is 1.09.